The number of hydrogen-bond acceptors (Lipinski definition) is 7. The predicted molar refractivity (Wildman–Crippen MR) is 124 cm³/mol. The second-order valence-corrected chi connectivity index (χ2v) is 9.26. The number of likely N-dealkylation sites (N-methyl/N-ethyl adjacent to an activating group) is 1. The Morgan fingerprint density at radius 1 is 1.25 bits per heavy atom. The van der Waals surface area contributed by atoms with Crippen LogP contribution < -0.4 is 16.1 Å². The molecule has 7 nitrogen and oxygen atoms in total. The SMILES string of the molecule is Cc1oc2c(c(=O)c1C(O)c1ccccc1Br)=C(O)CC=C(O)C=2C1CCN(C)CC1O. The number of halogens is 1. The van der Waals surface area contributed by atoms with Crippen molar-refractivity contribution in [1.82, 2.24) is 4.90 Å². The number of allylic oxidation sites excluding steroid dienone is 1. The van der Waals surface area contributed by atoms with Crippen LogP contribution >= 0.6 is 15.9 Å². The van der Waals surface area contributed by atoms with Gasteiger partial charge in [-0.05, 0) is 44.6 Å². The summed E-state index contributed by atoms with van der Waals surface area (Å²) in [6, 6.07) is 7.01. The number of aliphatic hydroxyl groups is 4. The number of aryl methyl sites for hydroxylation is 1. The van der Waals surface area contributed by atoms with Gasteiger partial charge < -0.3 is 29.7 Å². The van der Waals surface area contributed by atoms with Crippen molar-refractivity contribution in [1.29, 1.82) is 0 Å². The van der Waals surface area contributed by atoms with E-state index in [1.165, 1.54) is 6.08 Å². The summed E-state index contributed by atoms with van der Waals surface area (Å²) in [5, 5.41) is 43.2. The molecular weight excluding hydrogens is 478 g/mol. The van der Waals surface area contributed by atoms with E-state index < -0.39 is 23.6 Å². The first-order valence-corrected chi connectivity index (χ1v) is 11.3. The summed E-state index contributed by atoms with van der Waals surface area (Å²) in [5.74, 6) is -0.656. The summed E-state index contributed by atoms with van der Waals surface area (Å²) < 4.78 is 6.67. The number of benzene rings is 1. The Bertz CT molecular complexity index is 1260. The van der Waals surface area contributed by atoms with Crippen LogP contribution in [0.25, 0.3) is 11.3 Å². The summed E-state index contributed by atoms with van der Waals surface area (Å²) in [6.07, 6.45) is -0.145. The number of β-amino-alcohol motifs (C(OH)–C–C–N with tert-alkyl or cyclic N) is 1. The van der Waals surface area contributed by atoms with Crippen LogP contribution in [0.5, 0.6) is 0 Å². The van der Waals surface area contributed by atoms with Crippen LogP contribution in [0.4, 0.5) is 0 Å². The molecule has 2 heterocycles. The fourth-order valence-corrected chi connectivity index (χ4v) is 5.09. The molecule has 0 radical (unpaired) electrons. The van der Waals surface area contributed by atoms with Crippen LogP contribution in [0.15, 0.2) is 49.8 Å². The molecule has 1 aromatic heterocycles. The Balaban J connectivity index is 2.01. The highest BCUT2D eigenvalue weighted by molar-refractivity contribution is 9.10. The zero-order valence-electron chi connectivity index (χ0n) is 17.9. The molecule has 2 aliphatic rings. The van der Waals surface area contributed by atoms with Gasteiger partial charge in [-0.2, -0.15) is 0 Å². The van der Waals surface area contributed by atoms with Crippen LogP contribution in [0.3, 0.4) is 0 Å². The monoisotopic (exact) mass is 503 g/mol. The van der Waals surface area contributed by atoms with E-state index >= 15 is 0 Å². The van der Waals surface area contributed by atoms with Crippen LogP contribution in [0.1, 0.15) is 35.8 Å². The van der Waals surface area contributed by atoms with E-state index in [1.54, 1.807) is 31.2 Å². The molecule has 0 amide bonds. The molecule has 1 aliphatic carbocycles. The van der Waals surface area contributed by atoms with Crippen molar-refractivity contribution in [3.05, 3.63) is 78.3 Å². The molecule has 170 valence electrons. The van der Waals surface area contributed by atoms with Gasteiger partial charge >= 0.3 is 0 Å². The second-order valence-electron chi connectivity index (χ2n) is 8.41. The number of aliphatic hydroxyl groups excluding tert-OH is 4. The second kappa shape index (κ2) is 8.86. The Morgan fingerprint density at radius 2 is 1.97 bits per heavy atom. The Morgan fingerprint density at radius 3 is 2.66 bits per heavy atom. The summed E-state index contributed by atoms with van der Waals surface area (Å²) >= 11 is 3.40. The van der Waals surface area contributed by atoms with Crippen molar-refractivity contribution in [3.63, 3.8) is 0 Å². The number of hydrogen-bond donors (Lipinski definition) is 4. The van der Waals surface area contributed by atoms with E-state index in [9.17, 15) is 25.2 Å². The van der Waals surface area contributed by atoms with E-state index in [4.69, 9.17) is 4.42 Å². The van der Waals surface area contributed by atoms with E-state index in [1.807, 2.05) is 11.9 Å². The van der Waals surface area contributed by atoms with Gasteiger partial charge in [-0.15, -0.1) is 0 Å². The van der Waals surface area contributed by atoms with E-state index in [-0.39, 0.29) is 39.9 Å². The van der Waals surface area contributed by atoms with Gasteiger partial charge in [0, 0.05) is 28.9 Å². The lowest BCUT2D eigenvalue weighted by Gasteiger charge is -2.34. The van der Waals surface area contributed by atoms with Crippen LogP contribution in [-0.4, -0.2) is 51.6 Å². The van der Waals surface area contributed by atoms with Gasteiger partial charge in [0.05, 0.1) is 11.7 Å². The van der Waals surface area contributed by atoms with Crippen molar-refractivity contribution in [2.24, 2.45) is 5.92 Å². The number of fused-ring (bicyclic) bond motifs is 1. The largest absolute Gasteiger partial charge is 0.511 e. The average molecular weight is 504 g/mol. The van der Waals surface area contributed by atoms with Crippen LogP contribution in [-0.2, 0) is 0 Å². The zero-order chi connectivity index (χ0) is 23.2. The molecule has 0 spiro atoms. The first-order valence-electron chi connectivity index (χ1n) is 10.5. The average Bonchev–Trinajstić information content (AvgIpc) is 2.85. The first-order chi connectivity index (χ1) is 15.2. The third-order valence-corrected chi connectivity index (χ3v) is 6.98. The normalized spacial score (nSPS) is 22.8. The molecule has 1 fully saturated rings. The lowest BCUT2D eigenvalue weighted by atomic mass is 9.85. The molecule has 1 saturated heterocycles. The standard InChI is InChI=1S/C24H26BrNO6/c1-12-19(22(30)13-5-3-4-6-15(13)25)23(31)21-17(28)8-7-16(27)20(24(21)32-12)14-9-10-26(2)11-18(14)29/h3-7,14,18,22,27-30H,8-11H2,1-2H3. The van der Waals surface area contributed by atoms with Crippen molar-refractivity contribution in [2.45, 2.75) is 32.0 Å². The molecule has 8 heteroatoms. The van der Waals surface area contributed by atoms with Gasteiger partial charge in [0.2, 0.25) is 5.43 Å². The molecule has 4 N–H and O–H groups in total. The Labute approximate surface area is 193 Å². The predicted octanol–water partition coefficient (Wildman–Crippen LogP) is 1.77. The molecule has 0 saturated carbocycles. The topological polar surface area (TPSA) is 114 Å². The van der Waals surface area contributed by atoms with Gasteiger partial charge in [0.1, 0.15) is 34.0 Å². The van der Waals surface area contributed by atoms with Crippen LogP contribution in [0.2, 0.25) is 0 Å². The summed E-state index contributed by atoms with van der Waals surface area (Å²) in [4.78, 5) is 15.6. The highest BCUT2D eigenvalue weighted by atomic mass is 79.9. The first kappa shape index (κ1) is 22.8. The molecule has 2 aromatic rings. The molecule has 3 atom stereocenters. The number of likely N-dealkylation sites (tertiary alicyclic amines) is 1. The maximum atomic E-state index is 13.6. The van der Waals surface area contributed by atoms with E-state index in [0.29, 0.717) is 35.1 Å². The summed E-state index contributed by atoms with van der Waals surface area (Å²) in [6.45, 7) is 2.68. The van der Waals surface area contributed by atoms with Gasteiger partial charge in [0.15, 0.2) is 0 Å². The number of rotatable bonds is 3. The minimum atomic E-state index is -1.28. The Hall–Kier alpha value is -2.39. The third kappa shape index (κ3) is 3.92. The van der Waals surface area contributed by atoms with Crippen molar-refractivity contribution in [3.8, 4) is 0 Å². The van der Waals surface area contributed by atoms with Gasteiger partial charge in [-0.1, -0.05) is 34.1 Å². The quantitative estimate of drug-likeness (QED) is 0.504. The Kier molecular flexibility index (Phi) is 6.31. The highest BCUT2D eigenvalue weighted by Gasteiger charge is 2.34. The zero-order valence-corrected chi connectivity index (χ0v) is 19.5. The fourth-order valence-electron chi connectivity index (χ4n) is 4.58. The minimum absolute atomic E-state index is 0.0202. The third-order valence-electron chi connectivity index (χ3n) is 6.26. The molecule has 32 heavy (non-hydrogen) atoms. The van der Waals surface area contributed by atoms with Gasteiger partial charge in [-0.25, -0.2) is 0 Å². The number of nitrogens with zero attached hydrogens (tertiary/aromatic N) is 1. The van der Waals surface area contributed by atoms with Gasteiger partial charge in [-0.3, -0.25) is 4.79 Å². The molecular formula is C24H26BrNO6. The van der Waals surface area contributed by atoms with Crippen molar-refractivity contribution in [2.75, 3.05) is 20.1 Å². The molecule has 3 unspecified atom stereocenters. The van der Waals surface area contributed by atoms with Crippen LogP contribution in [0, 0.1) is 12.8 Å². The molecule has 1 aliphatic heterocycles. The van der Waals surface area contributed by atoms with E-state index in [0.717, 1.165) is 0 Å². The smallest absolute Gasteiger partial charge is 0.202 e. The lowest BCUT2D eigenvalue weighted by molar-refractivity contribution is 0.0537. The maximum absolute atomic E-state index is 13.6. The highest BCUT2D eigenvalue weighted by Crippen LogP contribution is 2.31. The van der Waals surface area contributed by atoms with Crippen molar-refractivity contribution >= 4 is 27.3 Å². The van der Waals surface area contributed by atoms with E-state index in [2.05, 4.69) is 15.9 Å². The molecule has 0 bridgehead atoms. The maximum Gasteiger partial charge on any atom is 0.202 e. The summed E-state index contributed by atoms with van der Waals surface area (Å²) in [7, 11) is 1.90. The lowest BCUT2D eigenvalue weighted by Crippen LogP contribution is -2.48. The fraction of sp³-hybridized carbons (Fsp3) is 0.375. The minimum Gasteiger partial charge on any atom is -0.511 e. The number of piperidine rings is 1. The van der Waals surface area contributed by atoms with Crippen molar-refractivity contribution < 1.29 is 24.8 Å². The summed E-state index contributed by atoms with van der Waals surface area (Å²) in [5.41, 5.74) is 0.311. The molecule has 4 rings (SSSR count). The van der Waals surface area contributed by atoms with Gasteiger partial charge in [0.25, 0.3) is 0 Å². The molecule has 1 aromatic carbocycles.